The summed E-state index contributed by atoms with van der Waals surface area (Å²) >= 11 is 5.51. The molecular formula is C18H15ClF3NO4. The van der Waals surface area contributed by atoms with Crippen molar-refractivity contribution in [3.8, 4) is 5.75 Å². The second-order valence-electron chi connectivity index (χ2n) is 5.27. The fourth-order valence-corrected chi connectivity index (χ4v) is 2.31. The molecule has 0 atom stereocenters. The lowest BCUT2D eigenvalue weighted by Crippen LogP contribution is -2.21. The molecule has 0 unspecified atom stereocenters. The number of esters is 1. The maximum Gasteiger partial charge on any atom is 0.417 e. The number of carbonyl (C=O) groups is 2. The molecular weight excluding hydrogens is 387 g/mol. The van der Waals surface area contributed by atoms with E-state index in [9.17, 15) is 22.8 Å². The third-order valence-electron chi connectivity index (χ3n) is 3.29. The van der Waals surface area contributed by atoms with Gasteiger partial charge in [-0.25, -0.2) is 4.79 Å². The minimum absolute atomic E-state index is 0.117. The molecule has 0 heterocycles. The number of hydrogen-bond donors (Lipinski definition) is 1. The number of ether oxygens (including phenoxy) is 2. The Labute approximate surface area is 158 Å². The number of alkyl halides is 3. The van der Waals surface area contributed by atoms with Crippen molar-refractivity contribution in [1.82, 2.24) is 0 Å². The summed E-state index contributed by atoms with van der Waals surface area (Å²) < 4.78 is 48.5. The number of benzene rings is 2. The van der Waals surface area contributed by atoms with Gasteiger partial charge in [0.2, 0.25) is 0 Å². The highest BCUT2D eigenvalue weighted by atomic mass is 35.5. The van der Waals surface area contributed by atoms with Crippen molar-refractivity contribution in [1.29, 1.82) is 0 Å². The van der Waals surface area contributed by atoms with Gasteiger partial charge in [0.15, 0.2) is 6.61 Å². The van der Waals surface area contributed by atoms with E-state index < -0.39 is 35.2 Å². The molecule has 27 heavy (non-hydrogen) atoms. The summed E-state index contributed by atoms with van der Waals surface area (Å²) in [6, 6.07) is 9.03. The maximum atomic E-state index is 12.8. The van der Waals surface area contributed by atoms with Gasteiger partial charge in [0.1, 0.15) is 5.75 Å². The predicted octanol–water partition coefficient (Wildman–Crippen LogP) is 4.55. The van der Waals surface area contributed by atoms with Crippen molar-refractivity contribution in [3.63, 3.8) is 0 Å². The Bertz CT molecular complexity index is 822. The van der Waals surface area contributed by atoms with Crippen LogP contribution < -0.4 is 10.1 Å². The first-order valence-electron chi connectivity index (χ1n) is 7.77. The van der Waals surface area contributed by atoms with E-state index in [0.29, 0.717) is 18.4 Å². The number of carbonyl (C=O) groups excluding carboxylic acids is 2. The molecule has 0 bridgehead atoms. The van der Waals surface area contributed by atoms with Crippen LogP contribution in [0.4, 0.5) is 18.9 Å². The summed E-state index contributed by atoms with van der Waals surface area (Å²) in [5.41, 5.74) is -0.987. The third kappa shape index (κ3) is 5.89. The van der Waals surface area contributed by atoms with Gasteiger partial charge in [-0.05, 0) is 49.4 Å². The lowest BCUT2D eigenvalue weighted by Gasteiger charge is -2.12. The molecule has 0 aromatic heterocycles. The molecule has 1 amide bonds. The van der Waals surface area contributed by atoms with Crippen LogP contribution in [0.15, 0.2) is 42.5 Å². The van der Waals surface area contributed by atoms with Crippen LogP contribution in [0, 0.1) is 0 Å². The molecule has 2 aromatic rings. The van der Waals surface area contributed by atoms with Crippen molar-refractivity contribution < 1.29 is 32.2 Å². The molecule has 2 rings (SSSR count). The molecule has 0 aliphatic rings. The van der Waals surface area contributed by atoms with Gasteiger partial charge in [-0.3, -0.25) is 4.79 Å². The van der Waals surface area contributed by atoms with Gasteiger partial charge in [-0.1, -0.05) is 11.6 Å². The van der Waals surface area contributed by atoms with Gasteiger partial charge >= 0.3 is 12.1 Å². The molecule has 0 aliphatic heterocycles. The Morgan fingerprint density at radius 3 is 2.37 bits per heavy atom. The molecule has 0 spiro atoms. The summed E-state index contributed by atoms with van der Waals surface area (Å²) in [5.74, 6) is -0.958. The summed E-state index contributed by atoms with van der Waals surface area (Å²) in [6.45, 7) is 1.64. The number of halogens is 4. The van der Waals surface area contributed by atoms with E-state index in [-0.39, 0.29) is 11.3 Å². The topological polar surface area (TPSA) is 64.6 Å². The molecule has 2 aromatic carbocycles. The minimum atomic E-state index is -4.65. The van der Waals surface area contributed by atoms with E-state index in [2.05, 4.69) is 5.32 Å². The summed E-state index contributed by atoms with van der Waals surface area (Å²) in [7, 11) is 0. The Balaban J connectivity index is 1.93. The predicted molar refractivity (Wildman–Crippen MR) is 93.0 cm³/mol. The summed E-state index contributed by atoms with van der Waals surface area (Å²) in [5, 5.41) is 1.74. The highest BCUT2D eigenvalue weighted by Crippen LogP contribution is 2.36. The average Bonchev–Trinajstić information content (AvgIpc) is 2.61. The van der Waals surface area contributed by atoms with E-state index >= 15 is 0 Å². The van der Waals surface area contributed by atoms with E-state index in [0.717, 1.165) is 6.07 Å². The zero-order valence-electron chi connectivity index (χ0n) is 14.1. The van der Waals surface area contributed by atoms with Crippen molar-refractivity contribution in [3.05, 3.63) is 58.6 Å². The van der Waals surface area contributed by atoms with Gasteiger partial charge in [0, 0.05) is 5.69 Å². The molecule has 1 N–H and O–H groups in total. The number of nitrogens with one attached hydrogen (secondary N) is 1. The SMILES string of the molecule is CCOc1ccc(C(=O)OCC(=O)Nc2ccc(Cl)c(C(F)(F)F)c2)cc1. The van der Waals surface area contributed by atoms with Gasteiger partial charge < -0.3 is 14.8 Å². The molecule has 0 aliphatic carbocycles. The van der Waals surface area contributed by atoms with Crippen LogP contribution in [0.1, 0.15) is 22.8 Å². The van der Waals surface area contributed by atoms with E-state index in [1.807, 2.05) is 6.92 Å². The summed E-state index contributed by atoms with van der Waals surface area (Å²) in [6.07, 6.45) is -4.65. The summed E-state index contributed by atoms with van der Waals surface area (Å²) in [4.78, 5) is 23.7. The van der Waals surface area contributed by atoms with E-state index in [4.69, 9.17) is 21.1 Å². The van der Waals surface area contributed by atoms with Gasteiger partial charge in [0.25, 0.3) is 5.91 Å². The van der Waals surface area contributed by atoms with Crippen LogP contribution in [0.25, 0.3) is 0 Å². The smallest absolute Gasteiger partial charge is 0.417 e. The largest absolute Gasteiger partial charge is 0.494 e. The normalized spacial score (nSPS) is 11.0. The molecule has 0 saturated carbocycles. The molecule has 0 radical (unpaired) electrons. The highest BCUT2D eigenvalue weighted by molar-refractivity contribution is 6.31. The first kappa shape index (κ1) is 20.6. The molecule has 5 nitrogen and oxygen atoms in total. The maximum absolute atomic E-state index is 12.8. The monoisotopic (exact) mass is 401 g/mol. The number of rotatable bonds is 6. The van der Waals surface area contributed by atoms with Crippen molar-refractivity contribution in [2.24, 2.45) is 0 Å². The Morgan fingerprint density at radius 1 is 1.11 bits per heavy atom. The van der Waals surface area contributed by atoms with Crippen LogP contribution >= 0.6 is 11.6 Å². The Kier molecular flexibility index (Phi) is 6.68. The molecule has 9 heteroatoms. The van der Waals surface area contributed by atoms with Gasteiger partial charge in [-0.15, -0.1) is 0 Å². The van der Waals surface area contributed by atoms with Crippen LogP contribution in [-0.4, -0.2) is 25.1 Å². The van der Waals surface area contributed by atoms with Crippen LogP contribution in [0.5, 0.6) is 5.75 Å². The third-order valence-corrected chi connectivity index (χ3v) is 3.62. The van der Waals surface area contributed by atoms with E-state index in [1.54, 1.807) is 12.1 Å². The zero-order chi connectivity index (χ0) is 20.0. The Morgan fingerprint density at radius 2 is 1.78 bits per heavy atom. The second-order valence-corrected chi connectivity index (χ2v) is 5.68. The van der Waals surface area contributed by atoms with Crippen molar-refractivity contribution in [2.75, 3.05) is 18.5 Å². The van der Waals surface area contributed by atoms with E-state index in [1.165, 1.54) is 18.2 Å². The zero-order valence-corrected chi connectivity index (χ0v) is 14.9. The second kappa shape index (κ2) is 8.77. The first-order chi connectivity index (χ1) is 12.7. The number of anilines is 1. The molecule has 144 valence electrons. The molecule has 0 fully saturated rings. The van der Waals surface area contributed by atoms with Gasteiger partial charge in [0.05, 0.1) is 22.8 Å². The van der Waals surface area contributed by atoms with Crippen molar-refractivity contribution in [2.45, 2.75) is 13.1 Å². The van der Waals surface area contributed by atoms with Crippen molar-refractivity contribution >= 4 is 29.2 Å². The number of amides is 1. The fourth-order valence-electron chi connectivity index (χ4n) is 2.09. The lowest BCUT2D eigenvalue weighted by molar-refractivity contribution is -0.137. The van der Waals surface area contributed by atoms with Gasteiger partial charge in [-0.2, -0.15) is 13.2 Å². The quantitative estimate of drug-likeness (QED) is 0.721. The van der Waals surface area contributed by atoms with Crippen LogP contribution in [0.2, 0.25) is 5.02 Å². The minimum Gasteiger partial charge on any atom is -0.494 e. The standard InChI is InChI=1S/C18H15ClF3NO4/c1-2-26-13-6-3-11(4-7-13)17(25)27-10-16(24)23-12-5-8-15(19)14(9-12)18(20,21)22/h3-9H,2,10H2,1H3,(H,23,24). The lowest BCUT2D eigenvalue weighted by atomic mass is 10.2. The fraction of sp³-hybridized carbons (Fsp3) is 0.222. The highest BCUT2D eigenvalue weighted by Gasteiger charge is 2.33. The van der Waals surface area contributed by atoms with Crippen LogP contribution in [-0.2, 0) is 15.7 Å². The number of hydrogen-bond acceptors (Lipinski definition) is 4. The molecule has 0 saturated heterocycles. The van der Waals surface area contributed by atoms with Crippen LogP contribution in [0.3, 0.4) is 0 Å². The Hall–Kier alpha value is -2.74. The first-order valence-corrected chi connectivity index (χ1v) is 8.15. The average molecular weight is 402 g/mol.